The smallest absolute Gasteiger partial charge is 0.357 e. The number of anilines is 1. The molecule has 0 saturated heterocycles. The minimum atomic E-state index is -1.10. The summed E-state index contributed by atoms with van der Waals surface area (Å²) in [6.45, 7) is 1.41. The van der Waals surface area contributed by atoms with Gasteiger partial charge in [-0.3, -0.25) is 4.79 Å². The number of pyridine rings is 1. The zero-order valence-electron chi connectivity index (χ0n) is 13.4. The van der Waals surface area contributed by atoms with Crippen molar-refractivity contribution < 1.29 is 18.7 Å². The number of carbonyl (C=O) groups excluding carboxylic acids is 2. The maximum Gasteiger partial charge on any atom is 0.357 e. The summed E-state index contributed by atoms with van der Waals surface area (Å²) in [6.07, 6.45) is -1.10. The summed E-state index contributed by atoms with van der Waals surface area (Å²) in [4.78, 5) is 28.5. The molecule has 0 fully saturated rings. The molecule has 5 nitrogen and oxygen atoms in total. The van der Waals surface area contributed by atoms with E-state index in [0.29, 0.717) is 5.52 Å². The second-order valence-corrected chi connectivity index (χ2v) is 5.41. The Hall–Kier alpha value is -3.28. The molecule has 0 radical (unpaired) electrons. The summed E-state index contributed by atoms with van der Waals surface area (Å²) >= 11 is 0. The van der Waals surface area contributed by atoms with Gasteiger partial charge in [-0.1, -0.05) is 36.4 Å². The number of hydrogen-bond acceptors (Lipinski definition) is 4. The summed E-state index contributed by atoms with van der Waals surface area (Å²) < 4.78 is 18.7. The number of nitrogens with zero attached hydrogens (tertiary/aromatic N) is 1. The number of esters is 1. The number of carbonyl (C=O) groups is 2. The number of aromatic nitrogens is 1. The standard InChI is InChI=1S/C19H15FN2O3/c1-12(18(23)22-16-9-5-3-7-14(16)20)25-19(24)17-11-10-13-6-2-4-8-15(13)21-17/h2-12H,1H3,(H,22,23)/t12-/m1/s1. The lowest BCUT2D eigenvalue weighted by atomic mass is 10.2. The molecule has 126 valence electrons. The van der Waals surface area contributed by atoms with Gasteiger partial charge in [-0.15, -0.1) is 0 Å². The summed E-state index contributed by atoms with van der Waals surface area (Å²) in [5.41, 5.74) is 0.781. The van der Waals surface area contributed by atoms with Gasteiger partial charge >= 0.3 is 5.97 Å². The van der Waals surface area contributed by atoms with E-state index in [2.05, 4.69) is 10.3 Å². The lowest BCUT2D eigenvalue weighted by Crippen LogP contribution is -2.30. The molecule has 1 heterocycles. The largest absolute Gasteiger partial charge is 0.448 e. The molecule has 25 heavy (non-hydrogen) atoms. The molecule has 2 aromatic carbocycles. The molecule has 1 amide bonds. The molecule has 6 heteroatoms. The SMILES string of the molecule is C[C@@H](OC(=O)c1ccc2ccccc2n1)C(=O)Nc1ccccc1F. The minimum absolute atomic E-state index is 0.0271. The average molecular weight is 338 g/mol. The van der Waals surface area contributed by atoms with Crippen LogP contribution >= 0.6 is 0 Å². The highest BCUT2D eigenvalue weighted by Crippen LogP contribution is 2.15. The first-order valence-electron chi connectivity index (χ1n) is 7.67. The van der Waals surface area contributed by atoms with Crippen molar-refractivity contribution in [1.29, 1.82) is 0 Å². The van der Waals surface area contributed by atoms with Crippen LogP contribution in [0.1, 0.15) is 17.4 Å². The summed E-state index contributed by atoms with van der Waals surface area (Å²) in [6, 6.07) is 16.4. The monoisotopic (exact) mass is 338 g/mol. The Morgan fingerprint density at radius 3 is 2.56 bits per heavy atom. The highest BCUT2D eigenvalue weighted by molar-refractivity contribution is 5.97. The van der Waals surface area contributed by atoms with Gasteiger partial charge in [0.25, 0.3) is 5.91 Å². The maximum absolute atomic E-state index is 13.6. The van der Waals surface area contributed by atoms with Crippen LogP contribution in [0.25, 0.3) is 10.9 Å². The molecule has 1 N–H and O–H groups in total. The number of halogens is 1. The zero-order chi connectivity index (χ0) is 17.8. The number of nitrogens with one attached hydrogen (secondary N) is 1. The first kappa shape index (κ1) is 16.6. The zero-order valence-corrected chi connectivity index (χ0v) is 13.4. The minimum Gasteiger partial charge on any atom is -0.448 e. The fourth-order valence-corrected chi connectivity index (χ4v) is 2.25. The molecular formula is C19H15FN2O3. The molecule has 0 aliphatic heterocycles. The van der Waals surface area contributed by atoms with Crippen molar-refractivity contribution in [2.45, 2.75) is 13.0 Å². The van der Waals surface area contributed by atoms with E-state index in [-0.39, 0.29) is 11.4 Å². The van der Waals surface area contributed by atoms with Crippen molar-refractivity contribution in [3.8, 4) is 0 Å². The topological polar surface area (TPSA) is 68.3 Å². The van der Waals surface area contributed by atoms with E-state index < -0.39 is 23.8 Å². The Balaban J connectivity index is 1.68. The Bertz CT molecular complexity index is 943. The van der Waals surface area contributed by atoms with Gasteiger partial charge < -0.3 is 10.1 Å². The third-order valence-corrected chi connectivity index (χ3v) is 3.59. The highest BCUT2D eigenvalue weighted by Gasteiger charge is 2.20. The van der Waals surface area contributed by atoms with Crippen LogP contribution in [0.3, 0.4) is 0 Å². The van der Waals surface area contributed by atoms with Gasteiger partial charge in [0.1, 0.15) is 11.5 Å². The summed E-state index contributed by atoms with van der Waals surface area (Å²) in [5, 5.41) is 3.28. The molecule has 0 aliphatic carbocycles. The first-order chi connectivity index (χ1) is 12.0. The summed E-state index contributed by atoms with van der Waals surface area (Å²) in [7, 11) is 0. The van der Waals surface area contributed by atoms with Crippen LogP contribution in [0.15, 0.2) is 60.7 Å². The van der Waals surface area contributed by atoms with Crippen LogP contribution < -0.4 is 5.32 Å². The van der Waals surface area contributed by atoms with Crippen LogP contribution in [0.5, 0.6) is 0 Å². The number of ether oxygens (including phenoxy) is 1. The Morgan fingerprint density at radius 2 is 1.76 bits per heavy atom. The molecule has 0 saturated carbocycles. The van der Waals surface area contributed by atoms with Crippen LogP contribution in [0.2, 0.25) is 0 Å². The normalized spacial score (nSPS) is 11.8. The summed E-state index contributed by atoms with van der Waals surface area (Å²) in [5.74, 6) is -1.91. The van der Waals surface area contributed by atoms with E-state index in [9.17, 15) is 14.0 Å². The third kappa shape index (κ3) is 3.80. The van der Waals surface area contributed by atoms with Gasteiger partial charge in [0.05, 0.1) is 11.2 Å². The van der Waals surface area contributed by atoms with Gasteiger partial charge in [-0.25, -0.2) is 14.2 Å². The van der Waals surface area contributed by atoms with E-state index in [1.54, 1.807) is 18.2 Å². The van der Waals surface area contributed by atoms with Crippen LogP contribution in [-0.4, -0.2) is 23.0 Å². The Morgan fingerprint density at radius 1 is 1.04 bits per heavy atom. The number of fused-ring (bicyclic) bond motifs is 1. The molecular weight excluding hydrogens is 323 g/mol. The average Bonchev–Trinajstić information content (AvgIpc) is 2.63. The van der Waals surface area contributed by atoms with Crippen LogP contribution in [0, 0.1) is 5.82 Å². The van der Waals surface area contributed by atoms with Gasteiger partial charge in [-0.05, 0) is 31.2 Å². The van der Waals surface area contributed by atoms with Gasteiger partial charge in [-0.2, -0.15) is 0 Å². The van der Waals surface area contributed by atoms with Crippen molar-refractivity contribution in [3.63, 3.8) is 0 Å². The van der Waals surface area contributed by atoms with E-state index in [0.717, 1.165) is 5.39 Å². The Labute approximate surface area is 143 Å². The van der Waals surface area contributed by atoms with Gasteiger partial charge in [0, 0.05) is 5.39 Å². The lowest BCUT2D eigenvalue weighted by molar-refractivity contribution is -0.123. The number of amides is 1. The fraction of sp³-hybridized carbons (Fsp3) is 0.105. The number of para-hydroxylation sites is 2. The van der Waals surface area contributed by atoms with Crippen molar-refractivity contribution >= 4 is 28.5 Å². The molecule has 3 aromatic rings. The molecule has 0 spiro atoms. The lowest BCUT2D eigenvalue weighted by Gasteiger charge is -2.13. The van der Waals surface area contributed by atoms with Crippen molar-refractivity contribution in [3.05, 3.63) is 72.2 Å². The van der Waals surface area contributed by atoms with Crippen molar-refractivity contribution in [2.75, 3.05) is 5.32 Å². The molecule has 3 rings (SSSR count). The Kier molecular flexibility index (Phi) is 4.70. The second-order valence-electron chi connectivity index (χ2n) is 5.41. The molecule has 0 aliphatic rings. The van der Waals surface area contributed by atoms with Crippen molar-refractivity contribution in [1.82, 2.24) is 4.98 Å². The quantitative estimate of drug-likeness (QED) is 0.739. The maximum atomic E-state index is 13.6. The molecule has 1 atom stereocenters. The number of hydrogen-bond donors (Lipinski definition) is 1. The molecule has 0 bridgehead atoms. The van der Waals surface area contributed by atoms with Gasteiger partial charge in [0.2, 0.25) is 0 Å². The van der Waals surface area contributed by atoms with Crippen molar-refractivity contribution in [2.24, 2.45) is 0 Å². The van der Waals surface area contributed by atoms with Gasteiger partial charge in [0.15, 0.2) is 6.10 Å². The molecule has 0 unspecified atom stereocenters. The first-order valence-corrected chi connectivity index (χ1v) is 7.67. The number of benzene rings is 2. The van der Waals surface area contributed by atoms with E-state index in [4.69, 9.17) is 4.74 Å². The van der Waals surface area contributed by atoms with Crippen LogP contribution in [0.4, 0.5) is 10.1 Å². The third-order valence-electron chi connectivity index (χ3n) is 3.59. The van der Waals surface area contributed by atoms with Crippen LogP contribution in [-0.2, 0) is 9.53 Å². The molecule has 1 aromatic heterocycles. The predicted octanol–water partition coefficient (Wildman–Crippen LogP) is 3.56. The van der Waals surface area contributed by atoms with E-state index in [1.807, 2.05) is 18.2 Å². The van der Waals surface area contributed by atoms with E-state index >= 15 is 0 Å². The fourth-order valence-electron chi connectivity index (χ4n) is 2.25. The van der Waals surface area contributed by atoms with E-state index in [1.165, 1.54) is 31.2 Å². The second kappa shape index (κ2) is 7.09. The highest BCUT2D eigenvalue weighted by atomic mass is 19.1. The predicted molar refractivity (Wildman–Crippen MR) is 91.7 cm³/mol. The number of rotatable bonds is 4.